The van der Waals surface area contributed by atoms with E-state index < -0.39 is 5.41 Å². The van der Waals surface area contributed by atoms with Crippen molar-refractivity contribution in [2.75, 3.05) is 29.6 Å². The average molecular weight is 353 g/mol. The van der Waals surface area contributed by atoms with Crippen LogP contribution in [0.1, 0.15) is 36.7 Å². The Morgan fingerprint density at radius 2 is 1.58 bits per heavy atom. The van der Waals surface area contributed by atoms with Gasteiger partial charge in [-0.05, 0) is 48.9 Å². The van der Waals surface area contributed by atoms with Crippen LogP contribution in [0.2, 0.25) is 0 Å². The van der Waals surface area contributed by atoms with Crippen LogP contribution >= 0.6 is 0 Å². The number of carbonyl (C=O) groups excluding carboxylic acids is 2. The Morgan fingerprint density at radius 1 is 0.923 bits per heavy atom. The van der Waals surface area contributed by atoms with Gasteiger partial charge in [-0.1, -0.05) is 26.8 Å². The molecule has 138 valence electrons. The quantitative estimate of drug-likeness (QED) is 0.861. The number of carbonyl (C=O) groups is 2. The zero-order valence-corrected chi connectivity index (χ0v) is 16.3. The molecule has 0 radical (unpaired) electrons. The van der Waals surface area contributed by atoms with Crippen molar-refractivity contribution < 1.29 is 9.59 Å². The zero-order chi connectivity index (χ0) is 19.5. The van der Waals surface area contributed by atoms with E-state index in [1.807, 2.05) is 64.9 Å². The summed E-state index contributed by atoms with van der Waals surface area (Å²) >= 11 is 0. The van der Waals surface area contributed by atoms with E-state index in [9.17, 15) is 9.59 Å². The van der Waals surface area contributed by atoms with Crippen LogP contribution in [-0.2, 0) is 4.79 Å². The largest absolute Gasteiger partial charge is 0.377 e. The monoisotopic (exact) mass is 353 g/mol. The predicted molar refractivity (Wildman–Crippen MR) is 108 cm³/mol. The fourth-order valence-corrected chi connectivity index (χ4v) is 2.50. The van der Waals surface area contributed by atoms with Crippen LogP contribution < -0.4 is 15.5 Å². The summed E-state index contributed by atoms with van der Waals surface area (Å²) in [6, 6.07) is 12.7. The average Bonchev–Trinajstić information content (AvgIpc) is 2.54. The van der Waals surface area contributed by atoms with E-state index >= 15 is 0 Å². The fourth-order valence-electron chi connectivity index (χ4n) is 2.50. The minimum atomic E-state index is -0.496. The number of nitrogens with zero attached hydrogens (tertiary/aromatic N) is 1. The molecule has 0 aliphatic rings. The van der Waals surface area contributed by atoms with E-state index in [1.165, 1.54) is 0 Å². The molecule has 0 atom stereocenters. The van der Waals surface area contributed by atoms with Gasteiger partial charge in [0.05, 0.1) is 0 Å². The van der Waals surface area contributed by atoms with Crippen molar-refractivity contribution in [3.05, 3.63) is 53.6 Å². The molecule has 2 amide bonds. The molecule has 5 nitrogen and oxygen atoms in total. The molecule has 0 bridgehead atoms. The third kappa shape index (κ3) is 4.85. The van der Waals surface area contributed by atoms with Gasteiger partial charge in [-0.15, -0.1) is 0 Å². The summed E-state index contributed by atoms with van der Waals surface area (Å²) < 4.78 is 0. The molecule has 2 aromatic carbocycles. The zero-order valence-electron chi connectivity index (χ0n) is 16.3. The van der Waals surface area contributed by atoms with E-state index in [2.05, 4.69) is 10.6 Å². The lowest BCUT2D eigenvalue weighted by Gasteiger charge is -2.18. The van der Waals surface area contributed by atoms with Crippen molar-refractivity contribution >= 4 is 28.9 Å². The molecule has 0 unspecified atom stereocenters. The van der Waals surface area contributed by atoms with Crippen molar-refractivity contribution in [3.63, 3.8) is 0 Å². The summed E-state index contributed by atoms with van der Waals surface area (Å²) in [6.45, 7) is 7.55. The van der Waals surface area contributed by atoms with Gasteiger partial charge in [0.15, 0.2) is 0 Å². The Morgan fingerprint density at radius 3 is 2.15 bits per heavy atom. The first kappa shape index (κ1) is 19.5. The molecule has 5 heteroatoms. The highest BCUT2D eigenvalue weighted by Crippen LogP contribution is 2.23. The summed E-state index contributed by atoms with van der Waals surface area (Å²) in [5.74, 6) is -0.307. The Balaban J connectivity index is 2.14. The van der Waals surface area contributed by atoms with Crippen molar-refractivity contribution in [1.29, 1.82) is 0 Å². The molecule has 0 saturated heterocycles. The van der Waals surface area contributed by atoms with Crippen LogP contribution in [-0.4, -0.2) is 25.9 Å². The SMILES string of the molecule is Cc1cc(NC(=O)c2cccc(NC(=O)C(C)(C)C)c2)ccc1N(C)C. The Labute approximate surface area is 155 Å². The first-order valence-electron chi connectivity index (χ1n) is 8.59. The van der Waals surface area contributed by atoms with Crippen LogP contribution in [0.3, 0.4) is 0 Å². The van der Waals surface area contributed by atoms with E-state index in [0.717, 1.165) is 16.9 Å². The Kier molecular flexibility index (Phi) is 5.70. The van der Waals surface area contributed by atoms with Crippen LogP contribution in [0.4, 0.5) is 17.1 Å². The fraction of sp³-hybridized carbons (Fsp3) is 0.333. The maximum Gasteiger partial charge on any atom is 0.255 e. The summed E-state index contributed by atoms with van der Waals surface area (Å²) in [7, 11) is 3.97. The van der Waals surface area contributed by atoms with Gasteiger partial charge in [-0.25, -0.2) is 0 Å². The number of hydrogen-bond acceptors (Lipinski definition) is 3. The summed E-state index contributed by atoms with van der Waals surface area (Å²) in [5, 5.41) is 5.75. The molecule has 0 saturated carbocycles. The van der Waals surface area contributed by atoms with Gasteiger partial charge in [-0.3, -0.25) is 9.59 Å². The maximum atomic E-state index is 12.5. The first-order valence-corrected chi connectivity index (χ1v) is 8.59. The molecule has 2 rings (SSSR count). The topological polar surface area (TPSA) is 61.4 Å². The first-order chi connectivity index (χ1) is 12.1. The number of benzene rings is 2. The molecule has 26 heavy (non-hydrogen) atoms. The van der Waals surface area contributed by atoms with Gasteiger partial charge in [0, 0.05) is 42.1 Å². The Hall–Kier alpha value is -2.82. The van der Waals surface area contributed by atoms with E-state index in [1.54, 1.807) is 24.3 Å². The minimum Gasteiger partial charge on any atom is -0.377 e. The summed E-state index contributed by atoms with van der Waals surface area (Å²) in [6.07, 6.45) is 0. The van der Waals surface area contributed by atoms with Crippen molar-refractivity contribution in [2.24, 2.45) is 5.41 Å². The van der Waals surface area contributed by atoms with Crippen molar-refractivity contribution in [2.45, 2.75) is 27.7 Å². The second-order valence-corrected chi connectivity index (χ2v) is 7.63. The highest BCUT2D eigenvalue weighted by Gasteiger charge is 2.21. The number of anilines is 3. The van der Waals surface area contributed by atoms with E-state index in [0.29, 0.717) is 11.3 Å². The molecule has 0 aromatic heterocycles. The van der Waals surface area contributed by atoms with Crippen molar-refractivity contribution in [3.8, 4) is 0 Å². The molecule has 2 N–H and O–H groups in total. The smallest absolute Gasteiger partial charge is 0.255 e. The van der Waals surface area contributed by atoms with Gasteiger partial charge in [-0.2, -0.15) is 0 Å². The summed E-state index contributed by atoms with van der Waals surface area (Å²) in [5.41, 5.74) is 3.53. The standard InChI is InChI=1S/C21H27N3O2/c1-14-12-17(10-11-18(14)24(5)6)22-19(25)15-8-7-9-16(13-15)23-20(26)21(2,3)4/h7-13H,1-6H3,(H,22,25)(H,23,26). The highest BCUT2D eigenvalue weighted by molar-refractivity contribution is 6.05. The number of hydrogen-bond donors (Lipinski definition) is 2. The molecule has 0 aliphatic carbocycles. The van der Waals surface area contributed by atoms with Gasteiger partial charge >= 0.3 is 0 Å². The lowest BCUT2D eigenvalue weighted by Crippen LogP contribution is -2.27. The second kappa shape index (κ2) is 7.60. The van der Waals surface area contributed by atoms with Crippen LogP contribution in [0.5, 0.6) is 0 Å². The van der Waals surface area contributed by atoms with Gasteiger partial charge in [0.2, 0.25) is 5.91 Å². The van der Waals surface area contributed by atoms with Crippen molar-refractivity contribution in [1.82, 2.24) is 0 Å². The Bertz CT molecular complexity index is 820. The van der Waals surface area contributed by atoms with Crippen LogP contribution in [0.25, 0.3) is 0 Å². The number of nitrogens with one attached hydrogen (secondary N) is 2. The lowest BCUT2D eigenvalue weighted by atomic mass is 9.95. The van der Waals surface area contributed by atoms with Gasteiger partial charge in [0.25, 0.3) is 5.91 Å². The molecule has 0 aliphatic heterocycles. The third-order valence-corrected chi connectivity index (χ3v) is 4.00. The van der Waals surface area contributed by atoms with Gasteiger partial charge in [0.1, 0.15) is 0 Å². The molecular weight excluding hydrogens is 326 g/mol. The number of aryl methyl sites for hydroxylation is 1. The summed E-state index contributed by atoms with van der Waals surface area (Å²) in [4.78, 5) is 26.7. The second-order valence-electron chi connectivity index (χ2n) is 7.63. The molecular formula is C21H27N3O2. The molecule has 0 fully saturated rings. The van der Waals surface area contributed by atoms with E-state index in [-0.39, 0.29) is 11.8 Å². The van der Waals surface area contributed by atoms with Crippen LogP contribution in [0, 0.1) is 12.3 Å². The predicted octanol–water partition coefficient (Wildman–Crippen LogP) is 4.30. The van der Waals surface area contributed by atoms with Gasteiger partial charge < -0.3 is 15.5 Å². The lowest BCUT2D eigenvalue weighted by molar-refractivity contribution is -0.123. The third-order valence-electron chi connectivity index (χ3n) is 4.00. The minimum absolute atomic E-state index is 0.0926. The number of rotatable bonds is 4. The van der Waals surface area contributed by atoms with Crippen LogP contribution in [0.15, 0.2) is 42.5 Å². The number of amides is 2. The normalized spacial score (nSPS) is 11.0. The molecule has 0 spiro atoms. The molecule has 2 aromatic rings. The molecule has 0 heterocycles. The highest BCUT2D eigenvalue weighted by atomic mass is 16.2. The maximum absolute atomic E-state index is 12.5. The van der Waals surface area contributed by atoms with E-state index in [4.69, 9.17) is 0 Å².